The van der Waals surface area contributed by atoms with Gasteiger partial charge in [-0.25, -0.2) is 0 Å². The number of carbonyl (C=O) groups excluding carboxylic acids is 1. The van der Waals surface area contributed by atoms with E-state index in [0.717, 1.165) is 23.8 Å². The van der Waals surface area contributed by atoms with Crippen LogP contribution in [0.5, 0.6) is 5.75 Å². The highest BCUT2D eigenvalue weighted by Crippen LogP contribution is 2.61. The van der Waals surface area contributed by atoms with Crippen molar-refractivity contribution in [2.75, 3.05) is 13.7 Å². The molecule has 1 amide bonds. The van der Waals surface area contributed by atoms with Gasteiger partial charge in [-0.05, 0) is 72.8 Å². The fourth-order valence-corrected chi connectivity index (χ4v) is 7.06. The van der Waals surface area contributed by atoms with Crippen molar-refractivity contribution in [3.05, 3.63) is 41.4 Å². The highest BCUT2D eigenvalue weighted by atomic mass is 35.5. The van der Waals surface area contributed by atoms with Crippen LogP contribution in [0.25, 0.3) is 0 Å². The zero-order valence-corrected chi connectivity index (χ0v) is 19.8. The van der Waals surface area contributed by atoms with Crippen molar-refractivity contribution in [1.29, 1.82) is 0 Å². The minimum absolute atomic E-state index is 0.0490. The molecular formula is C26H36ClNO2. The fourth-order valence-electron chi connectivity index (χ4n) is 6.94. The topological polar surface area (TPSA) is 29.5 Å². The van der Waals surface area contributed by atoms with Crippen LogP contribution in [0.2, 0.25) is 5.02 Å². The number of fused-ring (bicyclic) bond motifs is 3. The Morgan fingerprint density at radius 2 is 1.93 bits per heavy atom. The Morgan fingerprint density at radius 3 is 2.60 bits per heavy atom. The van der Waals surface area contributed by atoms with Crippen molar-refractivity contribution in [3.8, 4) is 5.75 Å². The number of carbonyl (C=O) groups is 1. The van der Waals surface area contributed by atoms with E-state index >= 15 is 0 Å². The lowest BCUT2D eigenvalue weighted by atomic mass is 9.45. The molecule has 2 saturated carbocycles. The zero-order chi connectivity index (χ0) is 21.7. The second-order valence-electron chi connectivity index (χ2n) is 10.5. The highest BCUT2D eigenvalue weighted by molar-refractivity contribution is 6.30. The lowest BCUT2D eigenvalue weighted by Crippen LogP contribution is -2.62. The van der Waals surface area contributed by atoms with Gasteiger partial charge in [0.1, 0.15) is 5.75 Å². The lowest BCUT2D eigenvalue weighted by Gasteiger charge is -2.62. The molecule has 4 rings (SSSR count). The molecule has 4 heteroatoms. The fraction of sp³-hybridized carbons (Fsp3) is 0.654. The summed E-state index contributed by atoms with van der Waals surface area (Å²) < 4.78 is 6.36. The van der Waals surface area contributed by atoms with Gasteiger partial charge in [0.25, 0.3) is 0 Å². The van der Waals surface area contributed by atoms with Crippen LogP contribution < -0.4 is 4.74 Å². The summed E-state index contributed by atoms with van der Waals surface area (Å²) in [5.41, 5.74) is 0.332. The first-order valence-corrected chi connectivity index (χ1v) is 11.9. The molecule has 0 saturated heterocycles. The second kappa shape index (κ2) is 7.89. The highest BCUT2D eigenvalue weighted by Gasteiger charge is 2.59. The van der Waals surface area contributed by atoms with E-state index in [4.69, 9.17) is 16.3 Å². The van der Waals surface area contributed by atoms with E-state index in [0.29, 0.717) is 29.7 Å². The summed E-state index contributed by atoms with van der Waals surface area (Å²) in [6, 6.07) is 8.04. The molecule has 3 nitrogen and oxygen atoms in total. The number of nitrogens with zero attached hydrogens (tertiary/aromatic N) is 1. The lowest BCUT2D eigenvalue weighted by molar-refractivity contribution is -0.147. The van der Waals surface area contributed by atoms with E-state index in [9.17, 15) is 4.79 Å². The van der Waals surface area contributed by atoms with E-state index in [-0.39, 0.29) is 16.7 Å². The Balaban J connectivity index is 1.65. The molecule has 164 valence electrons. The molecule has 2 fully saturated rings. The summed E-state index contributed by atoms with van der Waals surface area (Å²) in [6.45, 7) is 10.3. The van der Waals surface area contributed by atoms with Gasteiger partial charge in [0.2, 0.25) is 5.91 Å². The Morgan fingerprint density at radius 1 is 1.23 bits per heavy atom. The van der Waals surface area contributed by atoms with Gasteiger partial charge in [-0.2, -0.15) is 0 Å². The molecule has 1 aromatic carbocycles. The van der Waals surface area contributed by atoms with E-state index < -0.39 is 0 Å². The first kappa shape index (κ1) is 21.7. The number of hydrogen-bond acceptors (Lipinski definition) is 2. The maximum atomic E-state index is 12.4. The predicted octanol–water partition coefficient (Wildman–Crippen LogP) is 6.22. The second-order valence-corrected chi connectivity index (χ2v) is 10.9. The molecule has 7 atom stereocenters. The van der Waals surface area contributed by atoms with Gasteiger partial charge in [-0.1, -0.05) is 51.8 Å². The molecule has 0 bridgehead atoms. The van der Waals surface area contributed by atoms with Gasteiger partial charge in [-0.15, -0.1) is 0 Å². The van der Waals surface area contributed by atoms with Gasteiger partial charge >= 0.3 is 0 Å². The monoisotopic (exact) mass is 429 g/mol. The largest absolute Gasteiger partial charge is 0.493 e. The van der Waals surface area contributed by atoms with Crippen LogP contribution in [-0.4, -0.2) is 30.5 Å². The Bertz CT molecular complexity index is 821. The third-order valence-electron chi connectivity index (χ3n) is 9.07. The van der Waals surface area contributed by atoms with Crippen LogP contribution in [0.1, 0.15) is 53.4 Å². The van der Waals surface area contributed by atoms with Crippen LogP contribution in [0.4, 0.5) is 0 Å². The van der Waals surface area contributed by atoms with Crippen molar-refractivity contribution in [1.82, 2.24) is 4.90 Å². The number of likely N-dealkylation sites (N-methyl/N-ethyl adjacent to an activating group) is 1. The van der Waals surface area contributed by atoms with E-state index in [1.54, 1.807) is 0 Å². The Kier molecular flexibility index (Phi) is 5.72. The molecule has 0 aromatic heterocycles. The predicted molar refractivity (Wildman–Crippen MR) is 123 cm³/mol. The molecule has 0 N–H and O–H groups in total. The average molecular weight is 430 g/mol. The number of hydrogen-bond donors (Lipinski definition) is 0. The van der Waals surface area contributed by atoms with Crippen LogP contribution in [0, 0.1) is 34.5 Å². The van der Waals surface area contributed by atoms with Gasteiger partial charge in [0.05, 0.1) is 6.61 Å². The number of halogens is 1. The molecule has 0 radical (unpaired) electrons. The molecular weight excluding hydrogens is 394 g/mol. The molecule has 30 heavy (non-hydrogen) atoms. The summed E-state index contributed by atoms with van der Waals surface area (Å²) >= 11 is 6.05. The Hall–Kier alpha value is -1.48. The third-order valence-corrected chi connectivity index (χ3v) is 9.32. The standard InChI is InChI=1S/C26H36ClNO2/c1-6-25(3)13-11-20-24(21(25)16-30-19-9-7-18(27)8-10-19)17(2)15-22-26(20,4)14-12-23(29)28(22)5/h7-10,12,14,17,20-22,24H,6,11,13,15-16H2,1-5H3/t17?,20?,21?,22?,24?,25?,26-/m1/s1. The maximum absolute atomic E-state index is 12.4. The van der Waals surface area contributed by atoms with Crippen LogP contribution in [0.15, 0.2) is 36.4 Å². The molecule has 0 spiro atoms. The average Bonchev–Trinajstić information content (AvgIpc) is 2.73. The van der Waals surface area contributed by atoms with Crippen molar-refractivity contribution in [2.24, 2.45) is 34.5 Å². The van der Waals surface area contributed by atoms with Crippen molar-refractivity contribution in [3.63, 3.8) is 0 Å². The quantitative estimate of drug-likeness (QED) is 0.568. The summed E-state index contributed by atoms with van der Waals surface area (Å²) in [7, 11) is 1.99. The molecule has 6 unspecified atom stereocenters. The zero-order valence-electron chi connectivity index (χ0n) is 19.0. The number of amides is 1. The van der Waals surface area contributed by atoms with Crippen molar-refractivity contribution < 1.29 is 9.53 Å². The maximum Gasteiger partial charge on any atom is 0.246 e. The van der Waals surface area contributed by atoms with Crippen LogP contribution in [0.3, 0.4) is 0 Å². The summed E-state index contributed by atoms with van der Waals surface area (Å²) in [6.07, 6.45) is 8.76. The normalized spacial score (nSPS) is 40.7. The number of rotatable bonds is 4. The number of ether oxygens (including phenoxy) is 1. The summed E-state index contributed by atoms with van der Waals surface area (Å²) in [5, 5.41) is 0.737. The van der Waals surface area contributed by atoms with Crippen molar-refractivity contribution in [2.45, 2.75) is 59.4 Å². The first-order valence-electron chi connectivity index (χ1n) is 11.5. The third kappa shape index (κ3) is 3.47. The van der Waals surface area contributed by atoms with Gasteiger partial charge < -0.3 is 9.64 Å². The Labute approximate surface area is 186 Å². The summed E-state index contributed by atoms with van der Waals surface area (Å²) in [4.78, 5) is 14.4. The first-order chi connectivity index (χ1) is 14.2. The van der Waals surface area contributed by atoms with Gasteiger partial charge in [-0.3, -0.25) is 4.79 Å². The van der Waals surface area contributed by atoms with Gasteiger partial charge in [0, 0.05) is 29.4 Å². The molecule has 1 heterocycles. The summed E-state index contributed by atoms with van der Waals surface area (Å²) in [5.74, 6) is 3.30. The SMILES string of the molecule is CCC1(C)CCC2C(C(C)CC3N(C)C(=O)C=C[C@]23C)C1COc1ccc(Cl)cc1. The van der Waals surface area contributed by atoms with Crippen LogP contribution in [-0.2, 0) is 4.79 Å². The van der Waals surface area contributed by atoms with Crippen molar-refractivity contribution >= 4 is 17.5 Å². The molecule has 1 aromatic rings. The molecule has 1 aliphatic heterocycles. The minimum atomic E-state index is 0.0490. The van der Waals surface area contributed by atoms with Gasteiger partial charge in [0.15, 0.2) is 0 Å². The smallest absolute Gasteiger partial charge is 0.246 e. The van der Waals surface area contributed by atoms with E-state index in [2.05, 4.69) is 33.8 Å². The van der Waals surface area contributed by atoms with E-state index in [1.165, 1.54) is 19.3 Å². The number of benzene rings is 1. The minimum Gasteiger partial charge on any atom is -0.493 e. The molecule has 3 aliphatic rings. The van der Waals surface area contributed by atoms with E-state index in [1.807, 2.05) is 42.3 Å². The molecule has 2 aliphatic carbocycles. The van der Waals surface area contributed by atoms with Crippen LogP contribution >= 0.6 is 11.6 Å².